The zero-order chi connectivity index (χ0) is 6.41. The lowest BCUT2D eigenvalue weighted by molar-refractivity contribution is -0.233. The molecule has 0 saturated heterocycles. The van der Waals surface area contributed by atoms with Crippen LogP contribution in [-0.2, 0) is 23.7 Å². The van der Waals surface area contributed by atoms with Gasteiger partial charge in [-0.2, -0.15) is 9.78 Å². The van der Waals surface area contributed by atoms with Crippen molar-refractivity contribution in [3.05, 3.63) is 0 Å². The van der Waals surface area contributed by atoms with Gasteiger partial charge < -0.3 is 0 Å². The highest BCUT2D eigenvalue weighted by Crippen LogP contribution is 2.22. The van der Waals surface area contributed by atoms with Crippen molar-refractivity contribution in [2.45, 2.75) is 0 Å². The highest BCUT2D eigenvalue weighted by Gasteiger charge is 2.21. The molecule has 48 valence electrons. The molecule has 0 aromatic rings. The second-order valence-electron chi connectivity index (χ2n) is 0.706. The fourth-order valence-corrected chi connectivity index (χ4v) is 0.402. The molecule has 0 amide bonds. The van der Waals surface area contributed by atoms with E-state index >= 15 is 0 Å². The smallest absolute Gasteiger partial charge is 0.190 e. The monoisotopic (exact) mass is 141 g/mol. The van der Waals surface area contributed by atoms with Crippen LogP contribution < -0.4 is 0 Å². The van der Waals surface area contributed by atoms with Crippen molar-refractivity contribution >= 4 is 8.25 Å². The van der Waals surface area contributed by atoms with Gasteiger partial charge in [0.1, 0.15) is 0 Å². The molecule has 0 heterocycles. The lowest BCUT2D eigenvalue weighted by Gasteiger charge is -1.78. The normalized spacial score (nSPS) is 9.25. The molecular weight excluding hydrogens is 135 g/mol. The quantitative estimate of drug-likeness (QED) is 0.329. The summed E-state index contributed by atoms with van der Waals surface area (Å²) < 4.78 is 18.0. The maximum atomic E-state index is 10.1. The summed E-state index contributed by atoms with van der Waals surface area (Å²) >= 11 is 0. The Morgan fingerprint density at radius 1 is 1.12 bits per heavy atom. The van der Waals surface area contributed by atoms with Crippen LogP contribution in [0.5, 0.6) is 0 Å². The second-order valence-corrected chi connectivity index (χ2v) is 1.45. The summed E-state index contributed by atoms with van der Waals surface area (Å²) in [5.41, 5.74) is 0. The average Bonchev–Trinajstić information content (AvgIpc) is 1.68. The first-order valence-corrected chi connectivity index (χ1v) is 2.79. The molecule has 0 N–H and O–H groups in total. The lowest BCUT2D eigenvalue weighted by atomic mass is 11.8. The van der Waals surface area contributed by atoms with Crippen LogP contribution in [0, 0.1) is 0 Å². The fourth-order valence-electron chi connectivity index (χ4n) is 0.134. The van der Waals surface area contributed by atoms with Gasteiger partial charge in [0.05, 0.1) is 23.6 Å². The standard InChI is InChI=1S/C2H6O5P/c1-4-6-8(3)7-5-2/h1-2H3/q+1. The molecule has 0 unspecified atom stereocenters. The molecule has 0 aliphatic heterocycles. The highest BCUT2D eigenvalue weighted by atomic mass is 31.1. The van der Waals surface area contributed by atoms with Crippen molar-refractivity contribution in [2.75, 3.05) is 14.2 Å². The van der Waals surface area contributed by atoms with Crippen LogP contribution in [0.25, 0.3) is 0 Å². The van der Waals surface area contributed by atoms with Crippen molar-refractivity contribution in [1.29, 1.82) is 0 Å². The van der Waals surface area contributed by atoms with E-state index < -0.39 is 8.25 Å². The topological polar surface area (TPSA) is 54.0 Å². The Balaban J connectivity index is 3.06. The van der Waals surface area contributed by atoms with Gasteiger partial charge in [-0.15, -0.1) is 0 Å². The predicted molar refractivity (Wildman–Crippen MR) is 23.8 cm³/mol. The summed E-state index contributed by atoms with van der Waals surface area (Å²) in [5.74, 6) is 0. The minimum atomic E-state index is -2.28. The van der Waals surface area contributed by atoms with Crippen LogP contribution in [0.1, 0.15) is 0 Å². The number of hydrogen-bond donors (Lipinski definition) is 0. The van der Waals surface area contributed by atoms with E-state index in [-0.39, 0.29) is 0 Å². The molecule has 0 aromatic carbocycles. The van der Waals surface area contributed by atoms with Gasteiger partial charge in [0.2, 0.25) is 0 Å². The van der Waals surface area contributed by atoms with Gasteiger partial charge in [0.25, 0.3) is 0 Å². The molecule has 0 bridgehead atoms. The van der Waals surface area contributed by atoms with Gasteiger partial charge in [-0.3, -0.25) is 0 Å². The van der Waals surface area contributed by atoms with Crippen LogP contribution >= 0.6 is 8.25 Å². The van der Waals surface area contributed by atoms with Gasteiger partial charge >= 0.3 is 8.25 Å². The summed E-state index contributed by atoms with van der Waals surface area (Å²) in [6.45, 7) is 0. The van der Waals surface area contributed by atoms with Gasteiger partial charge in [0, 0.05) is 4.57 Å². The van der Waals surface area contributed by atoms with Crippen molar-refractivity contribution < 1.29 is 23.7 Å². The highest BCUT2D eigenvalue weighted by molar-refractivity contribution is 7.32. The Hall–Kier alpha value is -0.0600. The fraction of sp³-hybridized carbons (Fsp3) is 1.00. The third-order valence-electron chi connectivity index (χ3n) is 0.271. The SMILES string of the molecule is COO[P+](=O)OOC. The van der Waals surface area contributed by atoms with Crippen LogP contribution in [-0.4, -0.2) is 14.2 Å². The van der Waals surface area contributed by atoms with E-state index in [1.807, 2.05) is 0 Å². The first-order chi connectivity index (χ1) is 3.81. The largest absolute Gasteiger partial charge is 0.759 e. The van der Waals surface area contributed by atoms with E-state index in [2.05, 4.69) is 19.1 Å². The molecule has 8 heavy (non-hydrogen) atoms. The van der Waals surface area contributed by atoms with Crippen LogP contribution in [0.4, 0.5) is 0 Å². The third kappa shape index (κ3) is 4.11. The first kappa shape index (κ1) is 7.94. The summed E-state index contributed by atoms with van der Waals surface area (Å²) in [4.78, 5) is 7.93. The summed E-state index contributed by atoms with van der Waals surface area (Å²) in [6, 6.07) is 0. The zero-order valence-electron chi connectivity index (χ0n) is 4.49. The maximum absolute atomic E-state index is 10.1. The van der Waals surface area contributed by atoms with Crippen molar-refractivity contribution in [1.82, 2.24) is 0 Å². The molecular formula is C2H6O5P+. The van der Waals surface area contributed by atoms with Gasteiger partial charge in [0.15, 0.2) is 0 Å². The number of rotatable bonds is 4. The van der Waals surface area contributed by atoms with Gasteiger partial charge in [-0.25, -0.2) is 0 Å². The summed E-state index contributed by atoms with van der Waals surface area (Å²) in [6.07, 6.45) is 0. The summed E-state index contributed by atoms with van der Waals surface area (Å²) in [7, 11) is 0.154. The molecule has 0 radical (unpaired) electrons. The molecule has 0 aliphatic carbocycles. The Bertz CT molecular complexity index is 64.8. The lowest BCUT2D eigenvalue weighted by Crippen LogP contribution is -1.81. The Morgan fingerprint density at radius 2 is 1.50 bits per heavy atom. The van der Waals surface area contributed by atoms with Crippen LogP contribution in [0.15, 0.2) is 0 Å². The minimum absolute atomic E-state index is 1.21. The predicted octanol–water partition coefficient (Wildman–Crippen LogP) is 0.800. The zero-order valence-corrected chi connectivity index (χ0v) is 5.38. The van der Waals surface area contributed by atoms with E-state index in [0.717, 1.165) is 0 Å². The molecule has 0 rings (SSSR count). The van der Waals surface area contributed by atoms with E-state index in [4.69, 9.17) is 0 Å². The Kier molecular flexibility index (Phi) is 5.05. The van der Waals surface area contributed by atoms with E-state index in [0.29, 0.717) is 0 Å². The molecule has 5 nitrogen and oxygen atoms in total. The van der Waals surface area contributed by atoms with Crippen molar-refractivity contribution in [3.63, 3.8) is 0 Å². The second kappa shape index (κ2) is 5.08. The third-order valence-corrected chi connectivity index (χ3v) is 0.812. The molecule has 0 aliphatic rings. The molecule has 0 atom stereocenters. The van der Waals surface area contributed by atoms with Gasteiger partial charge in [-0.1, -0.05) is 0 Å². The van der Waals surface area contributed by atoms with Crippen LogP contribution in [0.3, 0.4) is 0 Å². The van der Waals surface area contributed by atoms with Crippen molar-refractivity contribution in [3.8, 4) is 0 Å². The Labute approximate surface area is 47.3 Å². The molecule has 0 saturated carbocycles. The minimum Gasteiger partial charge on any atom is -0.190 e. The average molecular weight is 141 g/mol. The first-order valence-electron chi connectivity index (χ1n) is 1.70. The molecule has 0 aromatic heterocycles. The summed E-state index contributed by atoms with van der Waals surface area (Å²) in [5, 5.41) is 0. The maximum Gasteiger partial charge on any atom is 0.759 e. The van der Waals surface area contributed by atoms with Crippen LogP contribution in [0.2, 0.25) is 0 Å². The Morgan fingerprint density at radius 3 is 1.75 bits per heavy atom. The molecule has 0 spiro atoms. The molecule has 0 fully saturated rings. The van der Waals surface area contributed by atoms with E-state index in [1.54, 1.807) is 0 Å². The van der Waals surface area contributed by atoms with Gasteiger partial charge in [-0.05, 0) is 0 Å². The van der Waals surface area contributed by atoms with E-state index in [1.165, 1.54) is 14.2 Å². The van der Waals surface area contributed by atoms with E-state index in [9.17, 15) is 4.57 Å². The van der Waals surface area contributed by atoms with Crippen molar-refractivity contribution in [2.24, 2.45) is 0 Å². The number of hydrogen-bond acceptors (Lipinski definition) is 5. The molecule has 6 heteroatoms.